The van der Waals surface area contributed by atoms with Gasteiger partial charge in [0, 0.05) is 12.1 Å². The Morgan fingerprint density at radius 1 is 0.829 bits per heavy atom. The Labute approximate surface area is 203 Å². The first-order valence-electron chi connectivity index (χ1n) is 11.7. The SMILES string of the molecule is Cc1ccc(CCCCCCc2ccc(CNCCCP(=O)(O)O)cc2C(F)(F)C(F)(F)F)cc1. The summed E-state index contributed by atoms with van der Waals surface area (Å²) in [5.74, 6) is -4.97. The highest BCUT2D eigenvalue weighted by Crippen LogP contribution is 2.45. The molecule has 0 aliphatic heterocycles. The fourth-order valence-corrected chi connectivity index (χ4v) is 4.36. The predicted molar refractivity (Wildman–Crippen MR) is 127 cm³/mol. The van der Waals surface area contributed by atoms with Crippen molar-refractivity contribution in [1.29, 1.82) is 0 Å². The first-order chi connectivity index (χ1) is 16.3. The molecule has 0 atom stereocenters. The highest BCUT2D eigenvalue weighted by atomic mass is 31.2. The van der Waals surface area contributed by atoms with Gasteiger partial charge in [-0.15, -0.1) is 0 Å². The van der Waals surface area contributed by atoms with Crippen LogP contribution in [0.2, 0.25) is 0 Å². The molecule has 0 aromatic heterocycles. The molecule has 0 bridgehead atoms. The zero-order chi connectivity index (χ0) is 26.1. The summed E-state index contributed by atoms with van der Waals surface area (Å²) in [6.45, 7) is 2.22. The number of halogens is 5. The van der Waals surface area contributed by atoms with Crippen LogP contribution in [0.4, 0.5) is 22.0 Å². The van der Waals surface area contributed by atoms with Gasteiger partial charge in [0.2, 0.25) is 0 Å². The van der Waals surface area contributed by atoms with E-state index in [1.165, 1.54) is 23.3 Å². The molecule has 0 spiro atoms. The van der Waals surface area contributed by atoms with Gasteiger partial charge >= 0.3 is 19.7 Å². The van der Waals surface area contributed by atoms with Gasteiger partial charge in [-0.25, -0.2) is 0 Å². The lowest BCUT2D eigenvalue weighted by atomic mass is 9.94. The minimum absolute atomic E-state index is 0.0153. The topological polar surface area (TPSA) is 69.6 Å². The molecule has 0 aliphatic rings. The van der Waals surface area contributed by atoms with Crippen LogP contribution in [0.5, 0.6) is 0 Å². The van der Waals surface area contributed by atoms with Crippen molar-refractivity contribution in [1.82, 2.24) is 5.32 Å². The Morgan fingerprint density at radius 2 is 1.43 bits per heavy atom. The van der Waals surface area contributed by atoms with Gasteiger partial charge in [-0.3, -0.25) is 4.57 Å². The number of alkyl halides is 5. The van der Waals surface area contributed by atoms with Gasteiger partial charge in [-0.05, 0) is 68.3 Å². The Hall–Kier alpha value is -1.80. The molecule has 10 heteroatoms. The lowest BCUT2D eigenvalue weighted by Gasteiger charge is -2.23. The fourth-order valence-electron chi connectivity index (χ4n) is 3.79. The average Bonchev–Trinajstić information content (AvgIpc) is 2.76. The maximum absolute atomic E-state index is 14.3. The second kappa shape index (κ2) is 12.9. The van der Waals surface area contributed by atoms with E-state index < -0.39 is 25.3 Å². The van der Waals surface area contributed by atoms with E-state index in [-0.39, 0.29) is 43.2 Å². The van der Waals surface area contributed by atoms with Crippen LogP contribution in [0.25, 0.3) is 0 Å². The molecule has 0 unspecified atom stereocenters. The van der Waals surface area contributed by atoms with Crippen molar-refractivity contribution in [3.05, 3.63) is 70.3 Å². The summed E-state index contributed by atoms with van der Waals surface area (Å²) in [5.41, 5.74) is 1.60. The van der Waals surface area contributed by atoms with Crippen molar-refractivity contribution < 1.29 is 36.3 Å². The minimum Gasteiger partial charge on any atom is -0.324 e. The van der Waals surface area contributed by atoms with Gasteiger partial charge in [-0.1, -0.05) is 54.8 Å². The number of benzene rings is 2. The molecule has 0 saturated heterocycles. The number of rotatable bonds is 14. The Morgan fingerprint density at radius 3 is 2.03 bits per heavy atom. The number of nitrogens with one attached hydrogen (secondary N) is 1. The van der Waals surface area contributed by atoms with Crippen molar-refractivity contribution in [2.24, 2.45) is 0 Å². The van der Waals surface area contributed by atoms with E-state index in [1.54, 1.807) is 0 Å². The third-order valence-corrected chi connectivity index (χ3v) is 6.68. The second-order valence-corrected chi connectivity index (χ2v) is 10.7. The van der Waals surface area contributed by atoms with E-state index in [0.29, 0.717) is 6.42 Å². The molecule has 0 aliphatic carbocycles. The molecule has 2 aromatic carbocycles. The summed E-state index contributed by atoms with van der Waals surface area (Å²) in [5, 5.41) is 2.82. The van der Waals surface area contributed by atoms with Crippen LogP contribution >= 0.6 is 7.60 Å². The van der Waals surface area contributed by atoms with Gasteiger partial charge in [-0.2, -0.15) is 22.0 Å². The smallest absolute Gasteiger partial charge is 0.324 e. The van der Waals surface area contributed by atoms with Crippen LogP contribution in [0.3, 0.4) is 0 Å². The largest absolute Gasteiger partial charge is 0.458 e. The Balaban J connectivity index is 1.94. The molecule has 0 radical (unpaired) electrons. The number of hydrogen-bond acceptors (Lipinski definition) is 2. The van der Waals surface area contributed by atoms with E-state index in [4.69, 9.17) is 9.79 Å². The van der Waals surface area contributed by atoms with E-state index in [0.717, 1.165) is 31.7 Å². The average molecular weight is 522 g/mol. The molecular weight excluding hydrogens is 488 g/mol. The summed E-state index contributed by atoms with van der Waals surface area (Å²) in [4.78, 5) is 17.7. The van der Waals surface area contributed by atoms with E-state index in [1.807, 2.05) is 19.1 Å². The normalized spacial score (nSPS) is 12.8. The zero-order valence-corrected chi connectivity index (χ0v) is 20.6. The summed E-state index contributed by atoms with van der Waals surface area (Å²) in [7, 11) is -4.13. The van der Waals surface area contributed by atoms with Gasteiger partial charge < -0.3 is 15.1 Å². The maximum atomic E-state index is 14.3. The van der Waals surface area contributed by atoms with Crippen LogP contribution in [-0.2, 0) is 29.9 Å². The summed E-state index contributed by atoms with van der Waals surface area (Å²) >= 11 is 0. The highest BCUT2D eigenvalue weighted by molar-refractivity contribution is 7.51. The zero-order valence-electron chi connectivity index (χ0n) is 19.8. The molecule has 35 heavy (non-hydrogen) atoms. The van der Waals surface area contributed by atoms with Crippen LogP contribution < -0.4 is 5.32 Å². The first kappa shape index (κ1) is 29.4. The molecule has 196 valence electrons. The molecule has 4 nitrogen and oxygen atoms in total. The van der Waals surface area contributed by atoms with Crippen LogP contribution in [0.15, 0.2) is 42.5 Å². The molecule has 2 aromatic rings. The van der Waals surface area contributed by atoms with Crippen molar-refractivity contribution in [2.45, 2.75) is 70.5 Å². The first-order valence-corrected chi connectivity index (χ1v) is 13.5. The maximum Gasteiger partial charge on any atom is 0.458 e. The lowest BCUT2D eigenvalue weighted by molar-refractivity contribution is -0.289. The van der Waals surface area contributed by atoms with Crippen LogP contribution in [0.1, 0.15) is 59.9 Å². The van der Waals surface area contributed by atoms with Gasteiger partial charge in [0.15, 0.2) is 0 Å². The lowest BCUT2D eigenvalue weighted by Crippen LogP contribution is -2.35. The van der Waals surface area contributed by atoms with Crippen molar-refractivity contribution in [2.75, 3.05) is 12.7 Å². The third-order valence-electron chi connectivity index (χ3n) is 5.78. The van der Waals surface area contributed by atoms with Gasteiger partial charge in [0.25, 0.3) is 0 Å². The number of hydrogen-bond donors (Lipinski definition) is 3. The van der Waals surface area contributed by atoms with Crippen molar-refractivity contribution in [3.8, 4) is 0 Å². The molecule has 0 saturated carbocycles. The molecule has 0 fully saturated rings. The van der Waals surface area contributed by atoms with Crippen molar-refractivity contribution >= 4 is 7.60 Å². The van der Waals surface area contributed by atoms with Crippen molar-refractivity contribution in [3.63, 3.8) is 0 Å². The molecular formula is C25H33F5NO3P. The summed E-state index contributed by atoms with van der Waals surface area (Å²) in [6, 6.07) is 11.9. The minimum atomic E-state index is -5.70. The summed E-state index contributed by atoms with van der Waals surface area (Å²) < 4.78 is 78.8. The molecule has 2 rings (SSSR count). The van der Waals surface area contributed by atoms with Crippen LogP contribution in [-0.4, -0.2) is 28.7 Å². The molecule has 3 N–H and O–H groups in total. The predicted octanol–water partition coefficient (Wildman–Crippen LogP) is 6.65. The third kappa shape index (κ3) is 10.00. The number of aryl methyl sites for hydroxylation is 3. The van der Waals surface area contributed by atoms with E-state index in [9.17, 15) is 26.5 Å². The Kier molecular flexibility index (Phi) is 10.9. The summed E-state index contributed by atoms with van der Waals surface area (Å²) in [6.07, 6.45) is -1.85. The number of unbranched alkanes of at least 4 members (excludes halogenated alkanes) is 3. The quantitative estimate of drug-likeness (QED) is 0.148. The molecule has 0 amide bonds. The van der Waals surface area contributed by atoms with E-state index in [2.05, 4.69) is 17.4 Å². The standard InChI is InChI=1S/C25H33F5NO3P/c1-19-9-11-20(12-10-19)7-4-2-3-5-8-22-14-13-21(18-31-15-6-16-35(32,33)34)17-23(22)24(26,27)25(28,29)30/h9-14,17,31H,2-8,15-16,18H2,1H3,(H2,32,33,34). The molecule has 0 heterocycles. The second-order valence-electron chi connectivity index (χ2n) is 8.88. The monoisotopic (exact) mass is 521 g/mol. The fraction of sp³-hybridized carbons (Fsp3) is 0.520. The van der Waals surface area contributed by atoms with Gasteiger partial charge in [0.1, 0.15) is 0 Å². The van der Waals surface area contributed by atoms with Gasteiger partial charge in [0.05, 0.1) is 6.16 Å². The highest BCUT2D eigenvalue weighted by Gasteiger charge is 2.59. The van der Waals surface area contributed by atoms with Crippen LogP contribution in [0, 0.1) is 6.92 Å². The Bertz CT molecular complexity index is 974. The van der Waals surface area contributed by atoms with E-state index >= 15 is 0 Å².